The quantitative estimate of drug-likeness (QED) is 0.603. The van der Waals surface area contributed by atoms with Gasteiger partial charge in [-0.15, -0.1) is 0 Å². The van der Waals surface area contributed by atoms with Crippen LogP contribution in [-0.2, 0) is 14.6 Å². The lowest BCUT2D eigenvalue weighted by molar-refractivity contribution is -0.129. The van der Waals surface area contributed by atoms with Gasteiger partial charge in [0, 0.05) is 18.4 Å². The molecule has 86 valence electrons. The van der Waals surface area contributed by atoms with Gasteiger partial charge in [-0.05, 0) is 12.8 Å². The molecule has 0 aromatic rings. The second-order valence-electron chi connectivity index (χ2n) is 4.35. The van der Waals surface area contributed by atoms with Gasteiger partial charge >= 0.3 is 0 Å². The zero-order chi connectivity index (χ0) is 11.1. The van der Waals surface area contributed by atoms with Crippen LogP contribution in [0, 0.1) is 11.8 Å². The molecule has 2 saturated heterocycles. The maximum Gasteiger partial charge on any atom is 0.223 e. The van der Waals surface area contributed by atoms with Crippen LogP contribution < -0.4 is 5.32 Å². The van der Waals surface area contributed by atoms with Crippen molar-refractivity contribution in [2.75, 3.05) is 18.1 Å². The van der Waals surface area contributed by atoms with Gasteiger partial charge in [0.25, 0.3) is 0 Å². The van der Waals surface area contributed by atoms with Crippen molar-refractivity contribution in [3.8, 4) is 0 Å². The Morgan fingerprint density at radius 1 is 1.33 bits per heavy atom. The largest absolute Gasteiger partial charge is 0.392 e. The number of aliphatic hydroxyl groups is 1. The van der Waals surface area contributed by atoms with E-state index >= 15 is 0 Å². The molecule has 1 amide bonds. The topological polar surface area (TPSA) is 83.5 Å². The standard InChI is InChI=1S/C9H15NO4S/c11-8-5-15(13,14)4-7(8)6-2-1-3-10-9(6)12/h6-8,11H,1-5H2,(H,10,12). The lowest BCUT2D eigenvalue weighted by Gasteiger charge is -2.27. The van der Waals surface area contributed by atoms with Gasteiger partial charge in [0.05, 0.1) is 17.6 Å². The van der Waals surface area contributed by atoms with Crippen molar-refractivity contribution < 1.29 is 18.3 Å². The van der Waals surface area contributed by atoms with Crippen molar-refractivity contribution in [2.24, 2.45) is 11.8 Å². The predicted octanol–water partition coefficient (Wildman–Crippen LogP) is -1.08. The van der Waals surface area contributed by atoms with Gasteiger partial charge in [-0.3, -0.25) is 4.79 Å². The Labute approximate surface area is 88.8 Å². The fraction of sp³-hybridized carbons (Fsp3) is 0.889. The first-order valence-corrected chi connectivity index (χ1v) is 6.98. The summed E-state index contributed by atoms with van der Waals surface area (Å²) in [7, 11) is -3.15. The molecule has 2 heterocycles. The lowest BCUT2D eigenvalue weighted by Crippen LogP contribution is -2.43. The van der Waals surface area contributed by atoms with Crippen LogP contribution in [0.5, 0.6) is 0 Å². The summed E-state index contributed by atoms with van der Waals surface area (Å²) in [6.45, 7) is 0.658. The van der Waals surface area contributed by atoms with Crippen LogP contribution in [0.4, 0.5) is 0 Å². The molecule has 0 aromatic heterocycles. The Kier molecular flexibility index (Phi) is 2.72. The zero-order valence-electron chi connectivity index (χ0n) is 8.35. The first-order valence-electron chi connectivity index (χ1n) is 5.16. The van der Waals surface area contributed by atoms with Gasteiger partial charge in [-0.25, -0.2) is 8.42 Å². The summed E-state index contributed by atoms with van der Waals surface area (Å²) in [6, 6.07) is 0. The molecule has 6 heteroatoms. The van der Waals surface area contributed by atoms with E-state index in [4.69, 9.17) is 0 Å². The number of carbonyl (C=O) groups excluding carboxylic acids is 1. The Hall–Kier alpha value is -0.620. The highest BCUT2D eigenvalue weighted by Crippen LogP contribution is 2.30. The van der Waals surface area contributed by atoms with E-state index in [0.717, 1.165) is 6.42 Å². The number of amides is 1. The second-order valence-corrected chi connectivity index (χ2v) is 6.50. The van der Waals surface area contributed by atoms with Crippen molar-refractivity contribution in [1.29, 1.82) is 0 Å². The summed E-state index contributed by atoms with van der Waals surface area (Å²) in [5.74, 6) is -1.09. The molecule has 0 saturated carbocycles. The van der Waals surface area contributed by atoms with Crippen molar-refractivity contribution in [3.05, 3.63) is 0 Å². The number of aliphatic hydroxyl groups excluding tert-OH is 1. The average molecular weight is 233 g/mol. The van der Waals surface area contributed by atoms with E-state index in [1.165, 1.54) is 0 Å². The fourth-order valence-electron chi connectivity index (χ4n) is 2.44. The molecule has 0 spiro atoms. The maximum atomic E-state index is 11.5. The minimum absolute atomic E-state index is 0.0494. The molecule has 2 fully saturated rings. The summed E-state index contributed by atoms with van der Waals surface area (Å²) in [5, 5.41) is 12.3. The van der Waals surface area contributed by atoms with Gasteiger partial charge in [-0.1, -0.05) is 0 Å². The highest BCUT2D eigenvalue weighted by atomic mass is 32.2. The van der Waals surface area contributed by atoms with Crippen molar-refractivity contribution in [3.63, 3.8) is 0 Å². The van der Waals surface area contributed by atoms with E-state index in [0.29, 0.717) is 13.0 Å². The third-order valence-corrected chi connectivity index (χ3v) is 4.95. The van der Waals surface area contributed by atoms with Gasteiger partial charge in [0.2, 0.25) is 5.91 Å². The molecule has 0 bridgehead atoms. The monoisotopic (exact) mass is 233 g/mol. The molecule has 3 unspecified atom stereocenters. The summed E-state index contributed by atoms with van der Waals surface area (Å²) < 4.78 is 22.6. The molecule has 15 heavy (non-hydrogen) atoms. The van der Waals surface area contributed by atoms with Crippen LogP contribution in [0.15, 0.2) is 0 Å². The lowest BCUT2D eigenvalue weighted by atomic mass is 9.84. The molecule has 3 atom stereocenters. The fourth-order valence-corrected chi connectivity index (χ4v) is 4.39. The van der Waals surface area contributed by atoms with Crippen LogP contribution in [0.2, 0.25) is 0 Å². The van der Waals surface area contributed by atoms with Crippen molar-refractivity contribution in [2.45, 2.75) is 18.9 Å². The van der Waals surface area contributed by atoms with E-state index in [2.05, 4.69) is 5.32 Å². The van der Waals surface area contributed by atoms with Crippen LogP contribution in [0.25, 0.3) is 0 Å². The van der Waals surface area contributed by atoms with E-state index in [1.807, 2.05) is 0 Å². The third kappa shape index (κ3) is 2.15. The van der Waals surface area contributed by atoms with E-state index in [1.54, 1.807) is 0 Å². The average Bonchev–Trinajstić information content (AvgIpc) is 2.40. The molecular formula is C9H15NO4S. The molecule has 0 aromatic carbocycles. The number of hydrogen-bond acceptors (Lipinski definition) is 4. The SMILES string of the molecule is O=C1NCCCC1C1CS(=O)(=O)CC1O. The Bertz CT molecular complexity index is 364. The van der Waals surface area contributed by atoms with Crippen LogP contribution in [-0.4, -0.2) is 43.6 Å². The Balaban J connectivity index is 2.13. The van der Waals surface area contributed by atoms with Crippen LogP contribution in [0.1, 0.15) is 12.8 Å². The molecule has 2 rings (SSSR count). The summed E-state index contributed by atoms with van der Waals surface area (Å²) in [5.41, 5.74) is 0. The van der Waals surface area contributed by atoms with Crippen molar-refractivity contribution in [1.82, 2.24) is 5.32 Å². The summed E-state index contributed by atoms with van der Waals surface area (Å²) in [6.07, 6.45) is 0.673. The Morgan fingerprint density at radius 2 is 2.07 bits per heavy atom. The molecule has 5 nitrogen and oxygen atoms in total. The minimum atomic E-state index is -3.15. The first-order chi connectivity index (χ1) is 6.99. The number of sulfone groups is 1. The van der Waals surface area contributed by atoms with Gasteiger partial charge in [-0.2, -0.15) is 0 Å². The molecule has 2 aliphatic heterocycles. The van der Waals surface area contributed by atoms with Crippen LogP contribution >= 0.6 is 0 Å². The van der Waals surface area contributed by atoms with Crippen LogP contribution in [0.3, 0.4) is 0 Å². The number of carbonyl (C=O) groups is 1. The number of rotatable bonds is 1. The second kappa shape index (κ2) is 3.75. The number of piperidine rings is 1. The highest BCUT2D eigenvalue weighted by Gasteiger charge is 2.44. The van der Waals surface area contributed by atoms with Gasteiger partial charge < -0.3 is 10.4 Å². The normalized spacial score (nSPS) is 40.1. The summed E-state index contributed by atoms with van der Waals surface area (Å²) in [4.78, 5) is 11.5. The minimum Gasteiger partial charge on any atom is -0.392 e. The van der Waals surface area contributed by atoms with Gasteiger partial charge in [0.15, 0.2) is 9.84 Å². The third-order valence-electron chi connectivity index (χ3n) is 3.21. The first kappa shape index (κ1) is 10.9. The smallest absolute Gasteiger partial charge is 0.223 e. The number of hydrogen-bond donors (Lipinski definition) is 2. The highest BCUT2D eigenvalue weighted by molar-refractivity contribution is 7.91. The summed E-state index contributed by atoms with van der Waals surface area (Å²) >= 11 is 0. The van der Waals surface area contributed by atoms with E-state index < -0.39 is 21.9 Å². The molecule has 0 radical (unpaired) electrons. The molecule has 2 aliphatic rings. The van der Waals surface area contributed by atoms with E-state index in [-0.39, 0.29) is 23.3 Å². The molecular weight excluding hydrogens is 218 g/mol. The van der Waals surface area contributed by atoms with E-state index in [9.17, 15) is 18.3 Å². The molecule has 0 aliphatic carbocycles. The van der Waals surface area contributed by atoms with Gasteiger partial charge in [0.1, 0.15) is 0 Å². The molecule has 2 N–H and O–H groups in total. The predicted molar refractivity (Wildman–Crippen MR) is 53.9 cm³/mol. The number of nitrogens with one attached hydrogen (secondary N) is 1. The van der Waals surface area contributed by atoms with Crippen molar-refractivity contribution >= 4 is 15.7 Å². The Morgan fingerprint density at radius 3 is 2.60 bits per heavy atom. The maximum absolute atomic E-state index is 11.5. The zero-order valence-corrected chi connectivity index (χ0v) is 9.16.